The van der Waals surface area contributed by atoms with E-state index in [2.05, 4.69) is 0 Å². The van der Waals surface area contributed by atoms with Crippen LogP contribution in [0.3, 0.4) is 0 Å². The molecule has 0 aliphatic carbocycles. The predicted octanol–water partition coefficient (Wildman–Crippen LogP) is 1.70. The van der Waals surface area contributed by atoms with Crippen molar-refractivity contribution >= 4 is 11.9 Å². The fraction of sp³-hybridized carbons (Fsp3) is 0.467. The zero-order valence-electron chi connectivity index (χ0n) is 12.1. The van der Waals surface area contributed by atoms with Gasteiger partial charge in [0, 0.05) is 13.1 Å². The van der Waals surface area contributed by atoms with Gasteiger partial charge >= 0.3 is 5.97 Å². The highest BCUT2D eigenvalue weighted by atomic mass is 19.1. The van der Waals surface area contributed by atoms with Crippen molar-refractivity contribution in [3.05, 3.63) is 29.6 Å². The van der Waals surface area contributed by atoms with E-state index in [1.54, 1.807) is 13.0 Å². The number of halogens is 1. The van der Waals surface area contributed by atoms with Crippen molar-refractivity contribution in [3.8, 4) is 5.75 Å². The number of likely N-dealkylation sites (tertiary alicyclic amines) is 1. The maximum atomic E-state index is 13.6. The second-order valence-corrected chi connectivity index (χ2v) is 5.58. The summed E-state index contributed by atoms with van der Waals surface area (Å²) >= 11 is 0. The molecule has 0 saturated carbocycles. The van der Waals surface area contributed by atoms with Gasteiger partial charge in [-0.15, -0.1) is 0 Å². The Labute approximate surface area is 122 Å². The number of nitrogens with zero attached hydrogens (tertiary/aromatic N) is 1. The van der Waals surface area contributed by atoms with Crippen molar-refractivity contribution in [2.45, 2.75) is 19.8 Å². The highest BCUT2D eigenvalue weighted by molar-refractivity contribution is 5.82. The number of hydrogen-bond donors (Lipinski definition) is 1. The Morgan fingerprint density at radius 2 is 2.19 bits per heavy atom. The molecule has 0 spiro atoms. The minimum atomic E-state index is -0.895. The molecular weight excluding hydrogens is 277 g/mol. The Bertz CT molecular complexity index is 575. The Balaban J connectivity index is 2.03. The molecule has 0 aromatic heterocycles. The van der Waals surface area contributed by atoms with Crippen LogP contribution < -0.4 is 4.74 Å². The number of rotatable bonds is 4. The molecular formula is C15H18FNO4. The molecule has 1 aliphatic heterocycles. The van der Waals surface area contributed by atoms with Gasteiger partial charge in [0.15, 0.2) is 11.6 Å². The number of carbonyl (C=O) groups is 2. The third-order valence-corrected chi connectivity index (χ3v) is 3.91. The molecule has 1 saturated heterocycles. The number of carboxylic acids is 1. The lowest BCUT2D eigenvalue weighted by atomic mass is 9.90. The molecule has 1 N–H and O–H groups in total. The largest absolute Gasteiger partial charge is 0.494 e. The van der Waals surface area contributed by atoms with Gasteiger partial charge in [0.05, 0.1) is 18.9 Å². The van der Waals surface area contributed by atoms with Crippen molar-refractivity contribution in [1.82, 2.24) is 4.90 Å². The van der Waals surface area contributed by atoms with Crippen molar-refractivity contribution in [1.29, 1.82) is 0 Å². The van der Waals surface area contributed by atoms with Crippen LogP contribution in [-0.4, -0.2) is 42.1 Å². The molecule has 1 atom stereocenters. The molecule has 0 radical (unpaired) electrons. The van der Waals surface area contributed by atoms with Gasteiger partial charge in [0.1, 0.15) is 0 Å². The van der Waals surface area contributed by atoms with E-state index in [1.807, 2.05) is 0 Å². The summed E-state index contributed by atoms with van der Waals surface area (Å²) in [5, 5.41) is 9.15. The molecule has 5 nitrogen and oxygen atoms in total. The standard InChI is InChI=1S/C15H18FNO4/c1-15(14(19)20)5-6-17(9-15)13(18)8-10-3-4-12(21-2)11(16)7-10/h3-4,7H,5-6,8-9H2,1-2H3,(H,19,20). The van der Waals surface area contributed by atoms with E-state index < -0.39 is 17.2 Å². The molecule has 1 amide bonds. The molecule has 2 rings (SSSR count). The number of amides is 1. The zero-order valence-corrected chi connectivity index (χ0v) is 12.1. The number of carboxylic acid groups (broad SMARTS) is 1. The van der Waals surface area contributed by atoms with Crippen LogP contribution in [0.1, 0.15) is 18.9 Å². The van der Waals surface area contributed by atoms with Crippen LogP contribution in [-0.2, 0) is 16.0 Å². The predicted molar refractivity (Wildman–Crippen MR) is 73.6 cm³/mol. The van der Waals surface area contributed by atoms with Crippen molar-refractivity contribution in [2.75, 3.05) is 20.2 Å². The fourth-order valence-corrected chi connectivity index (χ4v) is 2.45. The lowest BCUT2D eigenvalue weighted by Gasteiger charge is -2.20. The summed E-state index contributed by atoms with van der Waals surface area (Å²) in [4.78, 5) is 24.9. The maximum absolute atomic E-state index is 13.6. The van der Waals surface area contributed by atoms with Crippen molar-refractivity contribution < 1.29 is 23.8 Å². The average Bonchev–Trinajstić information content (AvgIpc) is 2.83. The molecule has 1 aromatic carbocycles. The van der Waals surface area contributed by atoms with E-state index >= 15 is 0 Å². The lowest BCUT2D eigenvalue weighted by Crippen LogP contribution is -2.35. The molecule has 1 aromatic rings. The van der Waals surface area contributed by atoms with E-state index in [0.29, 0.717) is 18.5 Å². The van der Waals surface area contributed by atoms with Crippen molar-refractivity contribution in [2.24, 2.45) is 5.41 Å². The first-order valence-electron chi connectivity index (χ1n) is 6.69. The van der Waals surface area contributed by atoms with Gasteiger partial charge in [0.25, 0.3) is 0 Å². The molecule has 1 aliphatic rings. The van der Waals surface area contributed by atoms with E-state index in [9.17, 15) is 14.0 Å². The van der Waals surface area contributed by atoms with Crippen LogP contribution in [0.25, 0.3) is 0 Å². The summed E-state index contributed by atoms with van der Waals surface area (Å²) in [5.41, 5.74) is -0.344. The first-order chi connectivity index (χ1) is 9.85. The number of hydrogen-bond acceptors (Lipinski definition) is 3. The molecule has 6 heteroatoms. The number of benzene rings is 1. The zero-order chi connectivity index (χ0) is 15.6. The van der Waals surface area contributed by atoms with E-state index in [0.717, 1.165) is 0 Å². The van der Waals surface area contributed by atoms with Gasteiger partial charge in [-0.25, -0.2) is 4.39 Å². The van der Waals surface area contributed by atoms with E-state index in [-0.39, 0.29) is 24.6 Å². The molecule has 1 fully saturated rings. The molecule has 0 bridgehead atoms. The van der Waals surface area contributed by atoms with E-state index in [1.165, 1.54) is 24.1 Å². The van der Waals surface area contributed by atoms with Gasteiger partial charge in [0.2, 0.25) is 5.91 Å². The maximum Gasteiger partial charge on any atom is 0.311 e. The summed E-state index contributed by atoms with van der Waals surface area (Å²) in [6, 6.07) is 4.37. The minimum absolute atomic E-state index is 0.0522. The first-order valence-corrected chi connectivity index (χ1v) is 6.69. The number of aliphatic carboxylic acids is 1. The molecule has 21 heavy (non-hydrogen) atoms. The number of ether oxygens (including phenoxy) is 1. The second kappa shape index (κ2) is 5.71. The topological polar surface area (TPSA) is 66.8 Å². The summed E-state index contributed by atoms with van der Waals surface area (Å²) in [5.74, 6) is -1.47. The second-order valence-electron chi connectivity index (χ2n) is 5.58. The summed E-state index contributed by atoms with van der Waals surface area (Å²) in [6.45, 7) is 2.25. The van der Waals surface area contributed by atoms with Gasteiger partial charge in [-0.1, -0.05) is 6.07 Å². The Kier molecular flexibility index (Phi) is 4.16. The minimum Gasteiger partial charge on any atom is -0.494 e. The Morgan fingerprint density at radius 1 is 1.48 bits per heavy atom. The van der Waals surface area contributed by atoms with Gasteiger partial charge in [-0.3, -0.25) is 9.59 Å². The van der Waals surface area contributed by atoms with Crippen LogP contribution in [0.5, 0.6) is 5.75 Å². The van der Waals surface area contributed by atoms with Gasteiger partial charge in [-0.2, -0.15) is 0 Å². The van der Waals surface area contributed by atoms with E-state index in [4.69, 9.17) is 9.84 Å². The quantitative estimate of drug-likeness (QED) is 0.918. The van der Waals surface area contributed by atoms with Crippen LogP contribution in [0.4, 0.5) is 4.39 Å². The smallest absolute Gasteiger partial charge is 0.311 e. The third-order valence-electron chi connectivity index (χ3n) is 3.91. The fourth-order valence-electron chi connectivity index (χ4n) is 2.45. The van der Waals surface area contributed by atoms with Crippen LogP contribution in [0.2, 0.25) is 0 Å². The molecule has 1 heterocycles. The van der Waals surface area contributed by atoms with Gasteiger partial charge in [-0.05, 0) is 31.0 Å². The number of carbonyl (C=O) groups excluding carboxylic acids is 1. The van der Waals surface area contributed by atoms with Gasteiger partial charge < -0.3 is 14.7 Å². The van der Waals surface area contributed by atoms with Crippen LogP contribution in [0, 0.1) is 11.2 Å². The molecule has 114 valence electrons. The highest BCUT2D eigenvalue weighted by Crippen LogP contribution is 2.30. The molecule has 1 unspecified atom stereocenters. The summed E-state index contributed by atoms with van der Waals surface area (Å²) in [6.07, 6.45) is 0.488. The Morgan fingerprint density at radius 3 is 2.71 bits per heavy atom. The first kappa shape index (κ1) is 15.3. The summed E-state index contributed by atoms with van der Waals surface area (Å²) in [7, 11) is 1.38. The monoisotopic (exact) mass is 295 g/mol. The SMILES string of the molecule is COc1ccc(CC(=O)N2CCC(C)(C(=O)O)C2)cc1F. The highest BCUT2D eigenvalue weighted by Gasteiger charge is 2.41. The van der Waals surface area contributed by atoms with Crippen molar-refractivity contribution in [3.63, 3.8) is 0 Å². The summed E-state index contributed by atoms with van der Waals surface area (Å²) < 4.78 is 18.4. The normalized spacial score (nSPS) is 21.4. The third kappa shape index (κ3) is 3.15. The lowest BCUT2D eigenvalue weighted by molar-refractivity contribution is -0.147. The Hall–Kier alpha value is -2.11. The average molecular weight is 295 g/mol. The number of methoxy groups -OCH3 is 1. The van der Waals surface area contributed by atoms with Crippen LogP contribution in [0.15, 0.2) is 18.2 Å². The van der Waals surface area contributed by atoms with Crippen LogP contribution >= 0.6 is 0 Å².